The van der Waals surface area contributed by atoms with Gasteiger partial charge < -0.3 is 21.1 Å². The number of hydrogen-bond acceptors (Lipinski definition) is 8. The number of piperazine rings is 1. The average Bonchev–Trinajstić information content (AvgIpc) is 2.77. The SMILES string of the molecule is N=Cc1nc(NCc2ccc(Cl)c(Cl)c2)[nH]c(=O)c1NCCN1CCN(CCO)CC1. The molecule has 5 N–H and O–H groups in total. The van der Waals surface area contributed by atoms with Crippen molar-refractivity contribution in [3.05, 3.63) is 49.9 Å². The standard InChI is InChI=1S/C20H27Cl2N7O2/c21-15-2-1-14(11-16(15)22)13-25-20-26-17(12-23)18(19(31)27-20)24-3-4-28-5-7-29(8-6-28)9-10-30/h1-2,11-12,23-24,30H,3-10,13H2,(H2,25,26,27,31). The summed E-state index contributed by atoms with van der Waals surface area (Å²) in [6, 6.07) is 5.28. The van der Waals surface area contributed by atoms with Crippen LogP contribution < -0.4 is 16.2 Å². The maximum absolute atomic E-state index is 12.5. The van der Waals surface area contributed by atoms with E-state index in [1.165, 1.54) is 0 Å². The van der Waals surface area contributed by atoms with Gasteiger partial charge in [-0.25, -0.2) is 4.98 Å². The fraction of sp³-hybridized carbons (Fsp3) is 0.450. The van der Waals surface area contributed by atoms with Crippen LogP contribution in [0.15, 0.2) is 23.0 Å². The van der Waals surface area contributed by atoms with Gasteiger partial charge in [0.15, 0.2) is 0 Å². The number of β-amino-alcohol motifs (C(OH)–C–C–N with tert-alkyl or cyclic N) is 1. The van der Waals surface area contributed by atoms with Gasteiger partial charge in [0.25, 0.3) is 5.56 Å². The lowest BCUT2D eigenvalue weighted by Gasteiger charge is -2.34. The zero-order valence-electron chi connectivity index (χ0n) is 17.1. The molecule has 1 aromatic carbocycles. The molecule has 0 atom stereocenters. The quantitative estimate of drug-likeness (QED) is 0.337. The van der Waals surface area contributed by atoms with E-state index in [0.29, 0.717) is 29.7 Å². The number of benzene rings is 1. The molecule has 0 spiro atoms. The van der Waals surface area contributed by atoms with Crippen LogP contribution in [0.3, 0.4) is 0 Å². The van der Waals surface area contributed by atoms with Crippen LogP contribution in [0.5, 0.6) is 0 Å². The minimum atomic E-state index is -0.335. The predicted octanol–water partition coefficient (Wildman–Crippen LogP) is 1.71. The molecule has 2 heterocycles. The van der Waals surface area contributed by atoms with Crippen molar-refractivity contribution in [2.24, 2.45) is 0 Å². The normalized spacial score (nSPS) is 15.1. The van der Waals surface area contributed by atoms with Crippen LogP contribution in [0.2, 0.25) is 10.0 Å². The van der Waals surface area contributed by atoms with Gasteiger partial charge in [-0.1, -0.05) is 29.3 Å². The number of H-pyrrole nitrogens is 1. The van der Waals surface area contributed by atoms with Gasteiger partial charge in [0.2, 0.25) is 5.95 Å². The Labute approximate surface area is 190 Å². The second kappa shape index (κ2) is 11.4. The number of nitrogens with zero attached hydrogens (tertiary/aromatic N) is 3. The molecule has 0 saturated carbocycles. The third kappa shape index (κ3) is 6.65. The van der Waals surface area contributed by atoms with Gasteiger partial charge in [0.1, 0.15) is 11.4 Å². The van der Waals surface area contributed by atoms with Crippen LogP contribution >= 0.6 is 23.2 Å². The highest BCUT2D eigenvalue weighted by molar-refractivity contribution is 6.42. The molecule has 31 heavy (non-hydrogen) atoms. The van der Waals surface area contributed by atoms with E-state index in [0.717, 1.165) is 44.5 Å². The molecule has 2 aromatic rings. The summed E-state index contributed by atoms with van der Waals surface area (Å²) in [5.74, 6) is 0.278. The van der Waals surface area contributed by atoms with Gasteiger partial charge in [0, 0.05) is 58.6 Å². The molecule has 3 rings (SSSR count). The summed E-state index contributed by atoms with van der Waals surface area (Å²) in [5.41, 5.74) is 1.11. The van der Waals surface area contributed by atoms with Crippen molar-refractivity contribution < 1.29 is 5.11 Å². The Bertz CT molecular complexity index is 946. The van der Waals surface area contributed by atoms with Crippen molar-refractivity contribution in [2.45, 2.75) is 6.54 Å². The van der Waals surface area contributed by atoms with Gasteiger partial charge in [-0.15, -0.1) is 0 Å². The predicted molar refractivity (Wildman–Crippen MR) is 125 cm³/mol. The van der Waals surface area contributed by atoms with Crippen molar-refractivity contribution in [1.82, 2.24) is 19.8 Å². The van der Waals surface area contributed by atoms with Crippen LogP contribution in [-0.4, -0.2) is 83.5 Å². The van der Waals surface area contributed by atoms with Gasteiger partial charge in [-0.05, 0) is 17.7 Å². The lowest BCUT2D eigenvalue weighted by atomic mass is 10.2. The van der Waals surface area contributed by atoms with Crippen LogP contribution in [0, 0.1) is 5.41 Å². The third-order valence-corrected chi connectivity index (χ3v) is 5.88. The summed E-state index contributed by atoms with van der Waals surface area (Å²) >= 11 is 12.0. The van der Waals surface area contributed by atoms with E-state index in [1.807, 2.05) is 6.07 Å². The summed E-state index contributed by atoms with van der Waals surface area (Å²) in [4.78, 5) is 24.1. The maximum Gasteiger partial charge on any atom is 0.276 e. The van der Waals surface area contributed by atoms with E-state index in [9.17, 15) is 4.79 Å². The first-order valence-corrected chi connectivity index (χ1v) is 10.9. The maximum atomic E-state index is 12.5. The van der Waals surface area contributed by atoms with E-state index in [-0.39, 0.29) is 29.5 Å². The number of halogens is 2. The van der Waals surface area contributed by atoms with Gasteiger partial charge in [0.05, 0.1) is 16.7 Å². The Morgan fingerprint density at radius 3 is 2.48 bits per heavy atom. The Morgan fingerprint density at radius 2 is 1.84 bits per heavy atom. The fourth-order valence-electron chi connectivity index (χ4n) is 3.40. The van der Waals surface area contributed by atoms with E-state index in [4.69, 9.17) is 33.7 Å². The summed E-state index contributed by atoms with van der Waals surface area (Å²) in [6.07, 6.45) is 1.07. The van der Waals surface area contributed by atoms with Crippen molar-refractivity contribution in [2.75, 3.05) is 63.1 Å². The molecule has 1 aliphatic rings. The number of nitrogens with one attached hydrogen (secondary N) is 4. The molecule has 0 amide bonds. The summed E-state index contributed by atoms with van der Waals surface area (Å²) in [6.45, 7) is 6.33. The molecule has 1 saturated heterocycles. The molecular weight excluding hydrogens is 441 g/mol. The van der Waals surface area contributed by atoms with Crippen molar-refractivity contribution >= 4 is 41.1 Å². The van der Waals surface area contributed by atoms with Crippen molar-refractivity contribution in [1.29, 1.82) is 5.41 Å². The van der Waals surface area contributed by atoms with E-state index in [2.05, 4.69) is 30.4 Å². The topological polar surface area (TPSA) is 120 Å². The van der Waals surface area contributed by atoms with Crippen LogP contribution in [0.25, 0.3) is 0 Å². The molecule has 0 aliphatic carbocycles. The highest BCUT2D eigenvalue weighted by Gasteiger charge is 2.16. The second-order valence-electron chi connectivity index (χ2n) is 7.25. The minimum Gasteiger partial charge on any atom is -0.395 e. The van der Waals surface area contributed by atoms with E-state index >= 15 is 0 Å². The number of rotatable bonds is 10. The highest BCUT2D eigenvalue weighted by Crippen LogP contribution is 2.22. The highest BCUT2D eigenvalue weighted by atomic mass is 35.5. The fourth-order valence-corrected chi connectivity index (χ4v) is 3.72. The molecule has 0 radical (unpaired) electrons. The van der Waals surface area contributed by atoms with Crippen LogP contribution in [0.4, 0.5) is 11.6 Å². The third-order valence-electron chi connectivity index (χ3n) is 5.14. The molecule has 11 heteroatoms. The zero-order chi connectivity index (χ0) is 22.2. The largest absolute Gasteiger partial charge is 0.395 e. The van der Waals surface area contributed by atoms with E-state index < -0.39 is 0 Å². The van der Waals surface area contributed by atoms with Crippen molar-refractivity contribution in [3.8, 4) is 0 Å². The lowest BCUT2D eigenvalue weighted by molar-refractivity contribution is 0.115. The van der Waals surface area contributed by atoms with Crippen molar-refractivity contribution in [3.63, 3.8) is 0 Å². The lowest BCUT2D eigenvalue weighted by Crippen LogP contribution is -2.48. The van der Waals surface area contributed by atoms with Crippen LogP contribution in [0.1, 0.15) is 11.3 Å². The molecule has 168 valence electrons. The van der Waals surface area contributed by atoms with Gasteiger partial charge in [-0.2, -0.15) is 0 Å². The molecule has 1 fully saturated rings. The molecule has 0 bridgehead atoms. The minimum absolute atomic E-state index is 0.183. The van der Waals surface area contributed by atoms with Gasteiger partial charge >= 0.3 is 0 Å². The molecular formula is C20H27Cl2N7O2. The first-order valence-electron chi connectivity index (χ1n) is 10.1. The zero-order valence-corrected chi connectivity index (χ0v) is 18.6. The second-order valence-corrected chi connectivity index (χ2v) is 8.07. The summed E-state index contributed by atoms with van der Waals surface area (Å²) in [7, 11) is 0. The van der Waals surface area contributed by atoms with Gasteiger partial charge in [-0.3, -0.25) is 19.6 Å². The molecule has 1 aromatic heterocycles. The Kier molecular flexibility index (Phi) is 8.68. The molecule has 0 unspecified atom stereocenters. The first-order chi connectivity index (χ1) is 15.0. The number of aromatic nitrogens is 2. The Morgan fingerprint density at radius 1 is 1.13 bits per heavy atom. The summed E-state index contributed by atoms with van der Waals surface area (Å²) in [5, 5.41) is 23.8. The van der Waals surface area contributed by atoms with E-state index in [1.54, 1.807) is 12.1 Å². The van der Waals surface area contributed by atoms with Crippen LogP contribution in [-0.2, 0) is 6.54 Å². The molecule has 9 nitrogen and oxygen atoms in total. The number of anilines is 2. The average molecular weight is 468 g/mol. The summed E-state index contributed by atoms with van der Waals surface area (Å²) < 4.78 is 0. The number of aromatic amines is 1. The Balaban J connectivity index is 1.55. The monoisotopic (exact) mass is 467 g/mol. The number of hydrogen-bond donors (Lipinski definition) is 5. The number of aliphatic hydroxyl groups is 1. The first kappa shape index (κ1) is 23.5. The smallest absolute Gasteiger partial charge is 0.276 e. The molecule has 1 aliphatic heterocycles. The Hall–Kier alpha value is -2.17. The number of aliphatic hydroxyl groups excluding tert-OH is 1.